The molecule has 0 heterocycles. The molecule has 0 radical (unpaired) electrons. The molecule has 80 valence electrons. The van der Waals surface area contributed by atoms with Crippen LogP contribution in [0.3, 0.4) is 0 Å². The van der Waals surface area contributed by atoms with Crippen LogP contribution in [0.4, 0.5) is 0 Å². The van der Waals surface area contributed by atoms with Gasteiger partial charge in [-0.3, -0.25) is 0 Å². The summed E-state index contributed by atoms with van der Waals surface area (Å²) in [6.07, 6.45) is 0. The normalized spacial score (nSPS) is 2.45. The second-order valence-corrected chi connectivity index (χ2v) is 13.2. The maximum absolute atomic E-state index is 5.02. The second kappa shape index (κ2) is 60.7. The zero-order valence-corrected chi connectivity index (χ0v) is 10.3. The SMILES string of the molecule is O.O.O.O.O.O.O.[Cl][Y]([Cl])[Cl]. The third-order valence-electron chi connectivity index (χ3n) is 0. The van der Waals surface area contributed by atoms with E-state index < -0.39 is 23.3 Å². The van der Waals surface area contributed by atoms with Crippen molar-refractivity contribution in [3.8, 4) is 0 Å². The molecular formula is H14Cl3O7Y. The Bertz CT molecular complexity index is 18.4. The molecule has 0 unspecified atom stereocenters. The Morgan fingerprint density at radius 1 is 0.455 bits per heavy atom. The Hall–Kier alpha value is 1.69. The van der Waals surface area contributed by atoms with Crippen molar-refractivity contribution in [3.05, 3.63) is 0 Å². The molecule has 0 saturated heterocycles. The fourth-order valence-corrected chi connectivity index (χ4v) is 0. The second-order valence-electron chi connectivity index (χ2n) is 0.247. The van der Waals surface area contributed by atoms with Crippen molar-refractivity contribution in [1.29, 1.82) is 0 Å². The average molecular weight is 321 g/mol. The number of rotatable bonds is 0. The predicted molar refractivity (Wildman–Crippen MR) is 42.9 cm³/mol. The predicted octanol–water partition coefficient (Wildman–Crippen LogP) is -3.71. The third kappa shape index (κ3) is 383. The van der Waals surface area contributed by atoms with Gasteiger partial charge in [0.15, 0.2) is 0 Å². The van der Waals surface area contributed by atoms with E-state index in [1.807, 2.05) is 0 Å². The Morgan fingerprint density at radius 3 is 0.455 bits per heavy atom. The summed E-state index contributed by atoms with van der Waals surface area (Å²) in [5.41, 5.74) is 0. The van der Waals surface area contributed by atoms with Crippen molar-refractivity contribution in [2.24, 2.45) is 0 Å². The standard InChI is InChI=1S/3ClH.7H2O.Y/h3*1H;7*1H2;/q;;;;;;;;;;+3/p-3. The molecule has 0 aromatic rings. The topological polar surface area (TPSA) is 220 Å². The quantitative estimate of drug-likeness (QED) is 0.420. The van der Waals surface area contributed by atoms with Crippen LogP contribution < -0.4 is 0 Å². The van der Waals surface area contributed by atoms with Crippen LogP contribution >= 0.6 is 22.0 Å². The van der Waals surface area contributed by atoms with Gasteiger partial charge in [-0.15, -0.1) is 0 Å². The van der Waals surface area contributed by atoms with Gasteiger partial charge >= 0.3 is 45.3 Å². The van der Waals surface area contributed by atoms with E-state index in [0.717, 1.165) is 0 Å². The van der Waals surface area contributed by atoms with E-state index in [2.05, 4.69) is 0 Å². The van der Waals surface area contributed by atoms with Crippen molar-refractivity contribution in [3.63, 3.8) is 0 Å². The van der Waals surface area contributed by atoms with Gasteiger partial charge < -0.3 is 38.3 Å². The molecule has 0 aliphatic rings. The summed E-state index contributed by atoms with van der Waals surface area (Å²) in [5, 5.41) is 0. The van der Waals surface area contributed by atoms with Gasteiger partial charge in [-0.1, -0.05) is 0 Å². The van der Waals surface area contributed by atoms with Crippen LogP contribution in [0.1, 0.15) is 0 Å². The molecule has 14 N–H and O–H groups in total. The minimum atomic E-state index is -2.22. The number of hydrogen-bond acceptors (Lipinski definition) is 0. The van der Waals surface area contributed by atoms with E-state index >= 15 is 0 Å². The molecule has 0 fully saturated rings. The van der Waals surface area contributed by atoms with Crippen molar-refractivity contribution >= 4 is 22.0 Å². The molecule has 0 aliphatic carbocycles. The Morgan fingerprint density at radius 2 is 0.455 bits per heavy atom. The van der Waals surface area contributed by atoms with Crippen LogP contribution in [0.2, 0.25) is 0 Å². The van der Waals surface area contributed by atoms with Crippen LogP contribution in [-0.4, -0.2) is 38.3 Å². The van der Waals surface area contributed by atoms with E-state index in [9.17, 15) is 0 Å². The summed E-state index contributed by atoms with van der Waals surface area (Å²) >= 11 is -2.22. The molecule has 7 nitrogen and oxygen atoms in total. The Labute approximate surface area is 83.0 Å². The summed E-state index contributed by atoms with van der Waals surface area (Å²) in [7, 11) is 15.0. The maximum atomic E-state index is 5.02. The summed E-state index contributed by atoms with van der Waals surface area (Å²) in [5.74, 6) is 0. The summed E-state index contributed by atoms with van der Waals surface area (Å²) in [6, 6.07) is 0. The number of halogens is 3. The van der Waals surface area contributed by atoms with Crippen molar-refractivity contribution in [2.45, 2.75) is 0 Å². The molecule has 0 saturated carbocycles. The average Bonchev–Trinajstić information content (AvgIpc) is 0.811. The van der Waals surface area contributed by atoms with Gasteiger partial charge in [0.05, 0.1) is 0 Å². The number of hydrogen-bond donors (Lipinski definition) is 0. The first-order chi connectivity index (χ1) is 1.73. The van der Waals surface area contributed by atoms with E-state index in [4.69, 9.17) is 22.0 Å². The molecular weight excluding hydrogens is 307 g/mol. The van der Waals surface area contributed by atoms with Gasteiger partial charge in [-0.25, -0.2) is 0 Å². The minimum absolute atomic E-state index is 0. The van der Waals surface area contributed by atoms with Crippen LogP contribution in [0, 0.1) is 0 Å². The summed E-state index contributed by atoms with van der Waals surface area (Å²) in [4.78, 5) is 0. The van der Waals surface area contributed by atoms with Gasteiger partial charge in [0, 0.05) is 0 Å². The molecule has 11 heteroatoms. The Kier molecular flexibility index (Phi) is 435. The van der Waals surface area contributed by atoms with Gasteiger partial charge in [-0.05, 0) is 0 Å². The Balaban J connectivity index is -0.00000000214. The summed E-state index contributed by atoms with van der Waals surface area (Å²) < 4.78 is 0. The molecule has 0 spiro atoms. The first-order valence-corrected chi connectivity index (χ1v) is 11.6. The molecule has 0 amide bonds. The first kappa shape index (κ1) is 78.8. The third-order valence-corrected chi connectivity index (χ3v) is 0. The van der Waals surface area contributed by atoms with Crippen molar-refractivity contribution in [1.82, 2.24) is 0 Å². The zero-order chi connectivity index (χ0) is 3.58. The monoisotopic (exact) mass is 320 g/mol. The molecule has 0 aromatic carbocycles. The zero-order valence-electron chi connectivity index (χ0n) is 5.21. The van der Waals surface area contributed by atoms with Crippen molar-refractivity contribution < 1.29 is 61.7 Å². The van der Waals surface area contributed by atoms with Gasteiger partial charge in [0.2, 0.25) is 0 Å². The fourth-order valence-electron chi connectivity index (χ4n) is 0. The van der Waals surface area contributed by atoms with Crippen LogP contribution in [0.5, 0.6) is 0 Å². The molecule has 0 bridgehead atoms. The van der Waals surface area contributed by atoms with Crippen LogP contribution in [0.25, 0.3) is 0 Å². The first-order valence-electron chi connectivity index (χ1n) is 0.655. The van der Waals surface area contributed by atoms with E-state index in [0.29, 0.717) is 0 Å². The molecule has 0 aliphatic heterocycles. The van der Waals surface area contributed by atoms with Crippen LogP contribution in [0.15, 0.2) is 0 Å². The molecule has 0 aromatic heterocycles. The molecule has 0 atom stereocenters. The van der Waals surface area contributed by atoms with Gasteiger partial charge in [-0.2, -0.15) is 0 Å². The van der Waals surface area contributed by atoms with E-state index in [1.165, 1.54) is 0 Å². The van der Waals surface area contributed by atoms with Gasteiger partial charge in [0.25, 0.3) is 0 Å². The van der Waals surface area contributed by atoms with Crippen molar-refractivity contribution in [2.75, 3.05) is 0 Å². The summed E-state index contributed by atoms with van der Waals surface area (Å²) in [6.45, 7) is 0. The van der Waals surface area contributed by atoms with Crippen LogP contribution in [-0.2, 0) is 23.3 Å². The van der Waals surface area contributed by atoms with Gasteiger partial charge in [0.1, 0.15) is 0 Å². The fraction of sp³-hybridized carbons (Fsp3) is 0. The molecule has 11 heavy (non-hydrogen) atoms. The van der Waals surface area contributed by atoms with E-state index in [-0.39, 0.29) is 38.3 Å². The van der Waals surface area contributed by atoms with E-state index in [1.54, 1.807) is 0 Å². The molecule has 0 rings (SSSR count).